The summed E-state index contributed by atoms with van der Waals surface area (Å²) in [6.45, 7) is 0. The van der Waals surface area contributed by atoms with Crippen molar-refractivity contribution in [2.24, 2.45) is 11.8 Å². The maximum absolute atomic E-state index is 4.54. The normalized spacial score (nSPS) is 24.9. The molecule has 4 nitrogen and oxygen atoms in total. The van der Waals surface area contributed by atoms with E-state index in [1.54, 1.807) is 6.33 Å². The van der Waals surface area contributed by atoms with E-state index in [0.29, 0.717) is 6.04 Å². The first-order valence-electron chi connectivity index (χ1n) is 8.90. The second-order valence-electron chi connectivity index (χ2n) is 7.20. The Morgan fingerprint density at radius 1 is 1.09 bits per heavy atom. The number of aromatic amines is 1. The number of rotatable bonds is 6. The van der Waals surface area contributed by atoms with Crippen LogP contribution in [0.2, 0.25) is 0 Å². The van der Waals surface area contributed by atoms with Crippen LogP contribution >= 0.6 is 11.8 Å². The van der Waals surface area contributed by atoms with Gasteiger partial charge in [0.2, 0.25) is 0 Å². The van der Waals surface area contributed by atoms with Gasteiger partial charge < -0.3 is 9.88 Å². The molecule has 2 saturated carbocycles. The molecule has 2 fully saturated rings. The molecule has 2 aromatic rings. The van der Waals surface area contributed by atoms with Crippen molar-refractivity contribution in [2.75, 3.05) is 23.5 Å². The first kappa shape index (κ1) is 15.3. The lowest BCUT2D eigenvalue weighted by molar-refractivity contribution is 0.344. The summed E-state index contributed by atoms with van der Waals surface area (Å²) in [5.74, 6) is 5.85. The summed E-state index contributed by atoms with van der Waals surface area (Å²) in [6.07, 6.45) is 11.9. The zero-order valence-corrected chi connectivity index (χ0v) is 14.7. The molecular formula is C18H26N4S. The van der Waals surface area contributed by atoms with E-state index in [2.05, 4.69) is 44.7 Å². The number of anilines is 1. The molecule has 2 aliphatic carbocycles. The van der Waals surface area contributed by atoms with Crippen molar-refractivity contribution in [3.63, 3.8) is 0 Å². The van der Waals surface area contributed by atoms with E-state index >= 15 is 0 Å². The van der Waals surface area contributed by atoms with Gasteiger partial charge in [-0.25, -0.2) is 9.97 Å². The van der Waals surface area contributed by atoms with Gasteiger partial charge in [0.1, 0.15) is 17.8 Å². The number of hydrogen-bond acceptors (Lipinski definition) is 4. The van der Waals surface area contributed by atoms with Crippen LogP contribution in [0.3, 0.4) is 0 Å². The van der Waals surface area contributed by atoms with Crippen LogP contribution in [0.1, 0.15) is 38.5 Å². The number of H-pyrrole nitrogens is 1. The van der Waals surface area contributed by atoms with Crippen LogP contribution in [0, 0.1) is 11.8 Å². The lowest BCUT2D eigenvalue weighted by Gasteiger charge is -2.35. The van der Waals surface area contributed by atoms with Crippen LogP contribution < -0.4 is 4.90 Å². The van der Waals surface area contributed by atoms with Gasteiger partial charge in [0.15, 0.2) is 0 Å². The van der Waals surface area contributed by atoms with Gasteiger partial charge in [0, 0.05) is 19.3 Å². The van der Waals surface area contributed by atoms with Gasteiger partial charge in [0.05, 0.1) is 5.39 Å². The average Bonchev–Trinajstić information content (AvgIpc) is 3.28. The fourth-order valence-electron chi connectivity index (χ4n) is 3.70. The molecule has 0 radical (unpaired) electrons. The Kier molecular flexibility index (Phi) is 4.47. The Morgan fingerprint density at radius 3 is 2.48 bits per heavy atom. The molecule has 1 N–H and O–H groups in total. The molecule has 0 atom stereocenters. The third-order valence-corrected chi connectivity index (χ3v) is 6.85. The average molecular weight is 331 g/mol. The third kappa shape index (κ3) is 3.49. The van der Waals surface area contributed by atoms with Crippen LogP contribution in [0.4, 0.5) is 5.82 Å². The molecule has 4 rings (SSSR count). The van der Waals surface area contributed by atoms with Gasteiger partial charge in [-0.1, -0.05) is 0 Å². The van der Waals surface area contributed by atoms with E-state index in [-0.39, 0.29) is 0 Å². The second-order valence-corrected chi connectivity index (χ2v) is 8.28. The molecule has 23 heavy (non-hydrogen) atoms. The van der Waals surface area contributed by atoms with Crippen LogP contribution in [0.15, 0.2) is 18.6 Å². The van der Waals surface area contributed by atoms with Crippen LogP contribution in [0.25, 0.3) is 11.0 Å². The quantitative estimate of drug-likeness (QED) is 0.866. The standard InChI is InChI=1S/C18H26N4S/c1-22(18-16-8-9-19-17(16)20-12-21-18)15-6-4-14(5-7-15)11-23-10-13-2-3-13/h8-9,12-15H,2-7,10-11H2,1H3,(H,19,20,21). The van der Waals surface area contributed by atoms with E-state index in [9.17, 15) is 0 Å². The first-order valence-corrected chi connectivity index (χ1v) is 10.1. The molecule has 5 heteroatoms. The van der Waals surface area contributed by atoms with E-state index in [0.717, 1.165) is 28.7 Å². The lowest BCUT2D eigenvalue weighted by atomic mass is 9.86. The van der Waals surface area contributed by atoms with Gasteiger partial charge in [-0.05, 0) is 67.9 Å². The zero-order chi connectivity index (χ0) is 15.6. The molecule has 2 heterocycles. The summed E-state index contributed by atoms with van der Waals surface area (Å²) < 4.78 is 0. The number of fused-ring (bicyclic) bond motifs is 1. The Hall–Kier alpha value is -1.23. The molecule has 2 aromatic heterocycles. The van der Waals surface area contributed by atoms with E-state index < -0.39 is 0 Å². The van der Waals surface area contributed by atoms with Crippen molar-refractivity contribution >= 4 is 28.6 Å². The summed E-state index contributed by atoms with van der Waals surface area (Å²) in [6, 6.07) is 2.70. The predicted molar refractivity (Wildman–Crippen MR) is 98.1 cm³/mol. The minimum Gasteiger partial charge on any atom is -0.356 e. The molecule has 0 unspecified atom stereocenters. The van der Waals surface area contributed by atoms with Crippen LogP contribution in [-0.4, -0.2) is 39.5 Å². The van der Waals surface area contributed by atoms with Crippen molar-refractivity contribution in [3.8, 4) is 0 Å². The van der Waals surface area contributed by atoms with Gasteiger partial charge in [-0.2, -0.15) is 11.8 Å². The van der Waals surface area contributed by atoms with Crippen LogP contribution in [0.5, 0.6) is 0 Å². The molecule has 0 amide bonds. The highest BCUT2D eigenvalue weighted by atomic mass is 32.2. The molecule has 0 spiro atoms. The Bertz CT molecular complexity index is 643. The van der Waals surface area contributed by atoms with Crippen molar-refractivity contribution < 1.29 is 0 Å². The Morgan fingerprint density at radius 2 is 1.78 bits per heavy atom. The summed E-state index contributed by atoms with van der Waals surface area (Å²) in [4.78, 5) is 14.4. The monoisotopic (exact) mass is 330 g/mol. The van der Waals surface area contributed by atoms with Gasteiger partial charge in [0.25, 0.3) is 0 Å². The number of nitrogens with zero attached hydrogens (tertiary/aromatic N) is 3. The summed E-state index contributed by atoms with van der Waals surface area (Å²) in [7, 11) is 2.20. The molecule has 2 aliphatic rings. The highest BCUT2D eigenvalue weighted by molar-refractivity contribution is 7.99. The Balaban J connectivity index is 1.33. The van der Waals surface area contributed by atoms with E-state index in [4.69, 9.17) is 0 Å². The molecule has 124 valence electrons. The highest BCUT2D eigenvalue weighted by Gasteiger charge is 2.27. The number of thioether (sulfide) groups is 1. The topological polar surface area (TPSA) is 44.8 Å². The fourth-order valence-corrected chi connectivity index (χ4v) is 5.17. The van der Waals surface area contributed by atoms with Crippen LogP contribution in [-0.2, 0) is 0 Å². The maximum Gasteiger partial charge on any atom is 0.142 e. The number of hydrogen-bond donors (Lipinski definition) is 1. The predicted octanol–water partition coefficient (Wildman–Crippen LogP) is 4.10. The number of aromatic nitrogens is 3. The second kappa shape index (κ2) is 6.71. The summed E-state index contributed by atoms with van der Waals surface area (Å²) in [5, 5.41) is 1.14. The van der Waals surface area contributed by atoms with E-state index in [1.807, 2.05) is 6.20 Å². The minimum atomic E-state index is 0.618. The Labute approximate surface area is 142 Å². The molecular weight excluding hydrogens is 304 g/mol. The summed E-state index contributed by atoms with van der Waals surface area (Å²) in [5.41, 5.74) is 0.937. The minimum absolute atomic E-state index is 0.618. The third-order valence-electron chi connectivity index (χ3n) is 5.44. The fraction of sp³-hybridized carbons (Fsp3) is 0.667. The zero-order valence-electron chi connectivity index (χ0n) is 13.9. The highest BCUT2D eigenvalue weighted by Crippen LogP contribution is 2.36. The van der Waals surface area contributed by atoms with E-state index in [1.165, 1.54) is 50.0 Å². The maximum atomic E-state index is 4.54. The molecule has 0 aliphatic heterocycles. The van der Waals surface area contributed by atoms with Gasteiger partial charge in [-0.3, -0.25) is 0 Å². The largest absolute Gasteiger partial charge is 0.356 e. The molecule has 0 bridgehead atoms. The first-order chi connectivity index (χ1) is 11.3. The van der Waals surface area contributed by atoms with Crippen molar-refractivity contribution in [3.05, 3.63) is 18.6 Å². The molecule has 0 saturated heterocycles. The SMILES string of the molecule is CN(c1ncnc2[nH]ccc12)C1CCC(CSCC2CC2)CC1. The van der Waals surface area contributed by atoms with Crippen molar-refractivity contribution in [1.82, 2.24) is 15.0 Å². The lowest BCUT2D eigenvalue weighted by Crippen LogP contribution is -2.36. The van der Waals surface area contributed by atoms with Gasteiger partial charge in [-0.15, -0.1) is 0 Å². The van der Waals surface area contributed by atoms with Crippen molar-refractivity contribution in [1.29, 1.82) is 0 Å². The van der Waals surface area contributed by atoms with Gasteiger partial charge >= 0.3 is 0 Å². The smallest absolute Gasteiger partial charge is 0.142 e. The number of nitrogens with one attached hydrogen (secondary N) is 1. The van der Waals surface area contributed by atoms with Crippen molar-refractivity contribution in [2.45, 2.75) is 44.6 Å². The molecule has 0 aromatic carbocycles. The summed E-state index contributed by atoms with van der Waals surface area (Å²) >= 11 is 2.20.